The molecule has 1 saturated heterocycles. The Morgan fingerprint density at radius 2 is 1.96 bits per heavy atom. The molecule has 1 amide bonds. The maximum absolute atomic E-state index is 12.5. The van der Waals surface area contributed by atoms with E-state index in [1.165, 1.54) is 34.2 Å². The van der Waals surface area contributed by atoms with Crippen molar-refractivity contribution in [2.75, 3.05) is 20.1 Å². The molecule has 1 atom stereocenters. The number of hydrogen-bond donors (Lipinski definition) is 1. The van der Waals surface area contributed by atoms with Gasteiger partial charge in [-0.05, 0) is 67.0 Å². The van der Waals surface area contributed by atoms with Crippen molar-refractivity contribution in [3.05, 3.63) is 59.2 Å². The van der Waals surface area contributed by atoms with Gasteiger partial charge in [0.05, 0.1) is 0 Å². The molecule has 1 aliphatic carbocycles. The van der Waals surface area contributed by atoms with E-state index < -0.39 is 0 Å². The lowest BCUT2D eigenvalue weighted by Crippen LogP contribution is -2.46. The van der Waals surface area contributed by atoms with Crippen LogP contribution in [-0.2, 0) is 17.6 Å². The first-order chi connectivity index (χ1) is 12.7. The van der Waals surface area contributed by atoms with Crippen molar-refractivity contribution in [2.45, 2.75) is 44.6 Å². The molecule has 1 unspecified atom stereocenters. The average Bonchev–Trinajstić information content (AvgIpc) is 3.06. The molecular formula is C23H29ClN2O. The number of likely N-dealkylation sites (N-methyl/N-ethyl adjacent to an activating group) is 1. The number of carbonyl (C=O) groups excluding carboxylic acids is 1. The summed E-state index contributed by atoms with van der Waals surface area (Å²) in [6.45, 7) is 1.79. The van der Waals surface area contributed by atoms with Gasteiger partial charge in [-0.1, -0.05) is 42.5 Å². The van der Waals surface area contributed by atoms with Gasteiger partial charge in [-0.3, -0.25) is 4.79 Å². The molecule has 4 heteroatoms. The van der Waals surface area contributed by atoms with E-state index in [1.54, 1.807) is 0 Å². The topological polar surface area (TPSA) is 32.3 Å². The number of fused-ring (bicyclic) bond motifs is 3. The number of nitrogens with zero attached hydrogens (tertiary/aromatic N) is 1. The lowest BCUT2D eigenvalue weighted by atomic mass is 9.99. The molecule has 2 aromatic rings. The van der Waals surface area contributed by atoms with Gasteiger partial charge in [0.15, 0.2) is 0 Å². The smallest absolute Gasteiger partial charge is 0.222 e. The number of likely N-dealkylation sites (tertiary alicyclic amines) is 1. The van der Waals surface area contributed by atoms with Crippen LogP contribution in [0, 0.1) is 0 Å². The number of piperidine rings is 1. The Morgan fingerprint density at radius 3 is 2.81 bits per heavy atom. The first-order valence-electron chi connectivity index (χ1n) is 9.89. The fraction of sp³-hybridized carbons (Fsp3) is 0.435. The molecule has 0 radical (unpaired) electrons. The lowest BCUT2D eigenvalue weighted by Gasteiger charge is -2.32. The van der Waals surface area contributed by atoms with Crippen molar-refractivity contribution in [3.63, 3.8) is 0 Å². The van der Waals surface area contributed by atoms with Crippen LogP contribution in [0.4, 0.5) is 0 Å². The highest BCUT2D eigenvalue weighted by atomic mass is 35.5. The summed E-state index contributed by atoms with van der Waals surface area (Å²) < 4.78 is 0. The van der Waals surface area contributed by atoms with Crippen LogP contribution in [0.5, 0.6) is 0 Å². The number of rotatable bonds is 5. The van der Waals surface area contributed by atoms with Crippen molar-refractivity contribution in [2.24, 2.45) is 0 Å². The number of amides is 1. The highest BCUT2D eigenvalue weighted by molar-refractivity contribution is 5.85. The first-order valence-corrected chi connectivity index (χ1v) is 9.89. The normalized spacial score (nSPS) is 17.8. The minimum Gasteiger partial charge on any atom is -0.341 e. The fourth-order valence-corrected chi connectivity index (χ4v) is 4.37. The summed E-state index contributed by atoms with van der Waals surface area (Å²) in [4.78, 5) is 14.5. The molecule has 1 aliphatic heterocycles. The van der Waals surface area contributed by atoms with Crippen molar-refractivity contribution in [1.82, 2.24) is 10.2 Å². The van der Waals surface area contributed by atoms with E-state index in [4.69, 9.17) is 0 Å². The predicted molar refractivity (Wildman–Crippen MR) is 114 cm³/mol. The second-order valence-corrected chi connectivity index (χ2v) is 7.65. The van der Waals surface area contributed by atoms with Crippen LogP contribution >= 0.6 is 12.4 Å². The van der Waals surface area contributed by atoms with Crippen molar-refractivity contribution >= 4 is 18.3 Å². The van der Waals surface area contributed by atoms with Gasteiger partial charge in [0.1, 0.15) is 0 Å². The number of carbonyl (C=O) groups is 1. The van der Waals surface area contributed by atoms with Crippen LogP contribution in [0.25, 0.3) is 11.1 Å². The summed E-state index contributed by atoms with van der Waals surface area (Å²) in [6.07, 6.45) is 5.90. The third-order valence-electron chi connectivity index (χ3n) is 5.90. The molecular weight excluding hydrogens is 356 g/mol. The summed E-state index contributed by atoms with van der Waals surface area (Å²) in [5, 5.41) is 3.31. The van der Waals surface area contributed by atoms with E-state index in [9.17, 15) is 4.79 Å². The molecule has 0 aromatic heterocycles. The number of benzene rings is 2. The third kappa shape index (κ3) is 4.36. The van der Waals surface area contributed by atoms with Gasteiger partial charge >= 0.3 is 0 Å². The summed E-state index contributed by atoms with van der Waals surface area (Å²) in [6, 6.07) is 16.0. The zero-order chi connectivity index (χ0) is 17.9. The Balaban J connectivity index is 0.00000210. The molecule has 2 aromatic carbocycles. The van der Waals surface area contributed by atoms with Crippen LogP contribution in [0.3, 0.4) is 0 Å². The Morgan fingerprint density at radius 1 is 1.15 bits per heavy atom. The molecule has 0 spiro atoms. The molecule has 27 heavy (non-hydrogen) atoms. The maximum atomic E-state index is 12.5. The minimum atomic E-state index is 0. The third-order valence-corrected chi connectivity index (χ3v) is 5.90. The molecule has 1 heterocycles. The van der Waals surface area contributed by atoms with E-state index in [-0.39, 0.29) is 12.4 Å². The predicted octanol–water partition coefficient (Wildman–Crippen LogP) is 4.21. The standard InChI is InChI=1S/C23H28N2O.ClH/c1-24-20-8-5-13-25(16-20)23(26)10-4-6-17-11-12-19-15-18-7-2-3-9-21(18)22(19)14-17;/h2-3,7,9,11-12,14,20,24H,4-6,8,10,13,15-16H2,1H3;1H. The molecule has 1 N–H and O–H groups in total. The van der Waals surface area contributed by atoms with E-state index >= 15 is 0 Å². The van der Waals surface area contributed by atoms with Crippen LogP contribution in [0.15, 0.2) is 42.5 Å². The monoisotopic (exact) mass is 384 g/mol. The quantitative estimate of drug-likeness (QED) is 0.714. The zero-order valence-corrected chi connectivity index (χ0v) is 16.9. The highest BCUT2D eigenvalue weighted by Gasteiger charge is 2.22. The van der Waals surface area contributed by atoms with Crippen molar-refractivity contribution in [1.29, 1.82) is 0 Å². The van der Waals surface area contributed by atoms with Crippen LogP contribution in [-0.4, -0.2) is 37.0 Å². The van der Waals surface area contributed by atoms with E-state index in [0.717, 1.165) is 38.8 Å². The summed E-state index contributed by atoms with van der Waals surface area (Å²) in [7, 11) is 1.99. The molecule has 2 aliphatic rings. The molecule has 0 bridgehead atoms. The Kier molecular flexibility index (Phi) is 6.56. The lowest BCUT2D eigenvalue weighted by molar-refractivity contribution is -0.132. The van der Waals surface area contributed by atoms with Gasteiger partial charge < -0.3 is 10.2 Å². The van der Waals surface area contributed by atoms with Gasteiger partial charge in [-0.15, -0.1) is 12.4 Å². The summed E-state index contributed by atoms with van der Waals surface area (Å²) in [5.74, 6) is 0.316. The Hall–Kier alpha value is -1.84. The molecule has 1 fully saturated rings. The van der Waals surface area contributed by atoms with Crippen LogP contribution in [0.1, 0.15) is 42.4 Å². The largest absolute Gasteiger partial charge is 0.341 e. The van der Waals surface area contributed by atoms with Gasteiger partial charge in [0, 0.05) is 25.6 Å². The van der Waals surface area contributed by atoms with Gasteiger partial charge in [0.25, 0.3) is 0 Å². The molecule has 0 saturated carbocycles. The Bertz CT molecular complexity index is 805. The first kappa shape index (κ1) is 19.9. The van der Waals surface area contributed by atoms with Crippen molar-refractivity contribution in [3.8, 4) is 11.1 Å². The Labute approximate surface area is 168 Å². The molecule has 144 valence electrons. The second-order valence-electron chi connectivity index (χ2n) is 7.65. The van der Waals surface area contributed by atoms with E-state index in [1.807, 2.05) is 11.9 Å². The summed E-state index contributed by atoms with van der Waals surface area (Å²) in [5.41, 5.74) is 6.97. The zero-order valence-electron chi connectivity index (χ0n) is 16.0. The highest BCUT2D eigenvalue weighted by Crippen LogP contribution is 2.37. The number of nitrogens with one attached hydrogen (secondary N) is 1. The van der Waals surface area contributed by atoms with Gasteiger partial charge in [-0.2, -0.15) is 0 Å². The number of halogens is 1. The second kappa shape index (κ2) is 8.90. The average molecular weight is 385 g/mol. The van der Waals surface area contributed by atoms with E-state index in [0.29, 0.717) is 18.4 Å². The van der Waals surface area contributed by atoms with E-state index in [2.05, 4.69) is 47.8 Å². The molecule has 3 nitrogen and oxygen atoms in total. The summed E-state index contributed by atoms with van der Waals surface area (Å²) >= 11 is 0. The van der Waals surface area contributed by atoms with Crippen LogP contribution < -0.4 is 5.32 Å². The SMILES string of the molecule is CNC1CCCN(C(=O)CCCc2ccc3c(c2)-c2ccccc2C3)C1.Cl. The number of aryl methyl sites for hydroxylation is 1. The minimum absolute atomic E-state index is 0. The van der Waals surface area contributed by atoms with Gasteiger partial charge in [0.2, 0.25) is 5.91 Å². The van der Waals surface area contributed by atoms with Crippen molar-refractivity contribution < 1.29 is 4.79 Å². The number of hydrogen-bond acceptors (Lipinski definition) is 2. The fourth-order valence-electron chi connectivity index (χ4n) is 4.37. The van der Waals surface area contributed by atoms with Gasteiger partial charge in [-0.25, -0.2) is 0 Å². The molecule has 4 rings (SSSR count). The van der Waals surface area contributed by atoms with Crippen LogP contribution in [0.2, 0.25) is 0 Å². The maximum Gasteiger partial charge on any atom is 0.222 e.